The summed E-state index contributed by atoms with van der Waals surface area (Å²) in [5.74, 6) is 0.219. The maximum absolute atomic E-state index is 13.7. The van der Waals surface area contributed by atoms with Crippen LogP contribution in [0.5, 0.6) is 0 Å². The molecule has 0 unspecified atom stereocenters. The Hall–Kier alpha value is -3.52. The molecule has 0 spiro atoms. The van der Waals surface area contributed by atoms with Gasteiger partial charge in [0.1, 0.15) is 17.3 Å². The molecular weight excluding hydrogens is 421 g/mol. The van der Waals surface area contributed by atoms with Crippen molar-refractivity contribution in [2.45, 2.75) is 27.3 Å². The number of nitrogens with zero attached hydrogens (tertiary/aromatic N) is 4. The number of oxazole rings is 1. The van der Waals surface area contributed by atoms with Crippen LogP contribution in [-0.4, -0.2) is 25.9 Å². The van der Waals surface area contributed by atoms with Crippen molar-refractivity contribution in [1.29, 1.82) is 0 Å². The average Bonchev–Trinajstić information content (AvgIpc) is 3.28. The van der Waals surface area contributed by atoms with Gasteiger partial charge in [0, 0.05) is 16.3 Å². The lowest BCUT2D eigenvalue weighted by Crippen LogP contribution is -2.14. The van der Waals surface area contributed by atoms with Gasteiger partial charge in [0.2, 0.25) is 5.89 Å². The van der Waals surface area contributed by atoms with E-state index in [1.54, 1.807) is 42.8 Å². The Kier molecular flexibility index (Phi) is 5.56. The van der Waals surface area contributed by atoms with Gasteiger partial charge >= 0.3 is 0 Å². The van der Waals surface area contributed by atoms with Gasteiger partial charge in [-0.25, -0.2) is 14.1 Å². The minimum Gasteiger partial charge on any atom is -0.441 e. The minimum atomic E-state index is -0.469. The molecule has 0 aliphatic rings. The van der Waals surface area contributed by atoms with Crippen LogP contribution in [0.25, 0.3) is 11.5 Å². The number of hydrogen-bond acceptors (Lipinski definition) is 5. The maximum Gasteiger partial charge on any atom is 0.278 e. The molecule has 0 radical (unpaired) electrons. The molecule has 0 saturated carbocycles. The van der Waals surface area contributed by atoms with E-state index in [1.807, 2.05) is 19.1 Å². The summed E-state index contributed by atoms with van der Waals surface area (Å²) in [6.45, 7) is 5.47. The molecule has 2 heterocycles. The van der Waals surface area contributed by atoms with E-state index >= 15 is 0 Å². The predicted molar refractivity (Wildman–Crippen MR) is 115 cm³/mol. The van der Waals surface area contributed by atoms with Gasteiger partial charge in [0.05, 0.1) is 12.2 Å². The molecule has 0 saturated heterocycles. The fraction of sp³-hybridized carbons (Fsp3) is 0.182. The van der Waals surface area contributed by atoms with E-state index in [9.17, 15) is 9.18 Å². The third-order valence-electron chi connectivity index (χ3n) is 4.89. The first kappa shape index (κ1) is 20.7. The number of amides is 1. The van der Waals surface area contributed by atoms with Gasteiger partial charge in [-0.05, 0) is 56.7 Å². The Morgan fingerprint density at radius 1 is 1.19 bits per heavy atom. The first-order valence-electron chi connectivity index (χ1n) is 9.51. The average molecular weight is 440 g/mol. The standard InChI is InChI=1S/C22H19ClFN5O2/c1-12-7-8-17(10-18(12)24)25-21(30)20-13(2)29(28-27-20)11-19-14(3)31-22(26-19)15-5-4-6-16(23)9-15/h4-10H,11H2,1-3H3,(H,25,30). The van der Waals surface area contributed by atoms with E-state index < -0.39 is 11.7 Å². The number of aromatic nitrogens is 4. The van der Waals surface area contributed by atoms with E-state index in [1.165, 1.54) is 6.07 Å². The van der Waals surface area contributed by atoms with Gasteiger partial charge in [0.15, 0.2) is 5.69 Å². The monoisotopic (exact) mass is 439 g/mol. The lowest BCUT2D eigenvalue weighted by atomic mass is 10.2. The molecule has 0 bridgehead atoms. The lowest BCUT2D eigenvalue weighted by molar-refractivity contribution is 0.102. The van der Waals surface area contributed by atoms with Crippen LogP contribution in [0.1, 0.15) is 33.2 Å². The fourth-order valence-corrected chi connectivity index (χ4v) is 3.23. The highest BCUT2D eigenvalue weighted by Gasteiger charge is 2.19. The first-order valence-corrected chi connectivity index (χ1v) is 9.89. The fourth-order valence-electron chi connectivity index (χ4n) is 3.04. The highest BCUT2D eigenvalue weighted by molar-refractivity contribution is 6.30. The zero-order valence-corrected chi connectivity index (χ0v) is 17.9. The Balaban J connectivity index is 1.53. The number of hydrogen-bond donors (Lipinski definition) is 1. The summed E-state index contributed by atoms with van der Waals surface area (Å²) in [5, 5.41) is 11.3. The van der Waals surface area contributed by atoms with E-state index in [0.29, 0.717) is 39.3 Å². The summed E-state index contributed by atoms with van der Waals surface area (Å²) in [4.78, 5) is 17.1. The van der Waals surface area contributed by atoms with Crippen molar-refractivity contribution in [3.8, 4) is 11.5 Å². The normalized spacial score (nSPS) is 11.0. The van der Waals surface area contributed by atoms with Crippen molar-refractivity contribution in [2.75, 3.05) is 5.32 Å². The molecule has 158 valence electrons. The number of aryl methyl sites for hydroxylation is 2. The molecule has 0 aliphatic carbocycles. The zero-order valence-electron chi connectivity index (χ0n) is 17.1. The van der Waals surface area contributed by atoms with Crippen LogP contribution in [0.2, 0.25) is 5.02 Å². The highest BCUT2D eigenvalue weighted by atomic mass is 35.5. The third kappa shape index (κ3) is 4.34. The topological polar surface area (TPSA) is 85.8 Å². The molecule has 0 fully saturated rings. The van der Waals surface area contributed by atoms with Gasteiger partial charge in [0.25, 0.3) is 5.91 Å². The Bertz CT molecular complexity index is 1280. The van der Waals surface area contributed by atoms with Crippen LogP contribution >= 0.6 is 11.6 Å². The molecule has 31 heavy (non-hydrogen) atoms. The summed E-state index contributed by atoms with van der Waals surface area (Å²) in [5.41, 5.74) is 2.98. The highest BCUT2D eigenvalue weighted by Crippen LogP contribution is 2.25. The minimum absolute atomic E-state index is 0.150. The summed E-state index contributed by atoms with van der Waals surface area (Å²) in [6, 6.07) is 11.7. The maximum atomic E-state index is 13.7. The molecule has 2 aromatic carbocycles. The van der Waals surface area contributed by atoms with Gasteiger partial charge in [-0.2, -0.15) is 0 Å². The third-order valence-corrected chi connectivity index (χ3v) is 5.13. The van der Waals surface area contributed by atoms with Crippen LogP contribution in [0.15, 0.2) is 46.9 Å². The summed E-state index contributed by atoms with van der Waals surface area (Å²) in [7, 11) is 0. The second-order valence-corrected chi connectivity index (χ2v) is 7.57. The molecule has 0 aliphatic heterocycles. The van der Waals surface area contributed by atoms with Crippen molar-refractivity contribution in [1.82, 2.24) is 20.0 Å². The molecule has 4 aromatic rings. The van der Waals surface area contributed by atoms with E-state index in [0.717, 1.165) is 5.56 Å². The van der Waals surface area contributed by atoms with Gasteiger partial charge in [-0.1, -0.05) is 28.9 Å². The number of carbonyl (C=O) groups excluding carboxylic acids is 1. The van der Waals surface area contributed by atoms with Crippen LogP contribution < -0.4 is 5.32 Å². The van der Waals surface area contributed by atoms with Crippen LogP contribution in [0, 0.1) is 26.6 Å². The summed E-state index contributed by atoms with van der Waals surface area (Å²) in [6.07, 6.45) is 0. The van der Waals surface area contributed by atoms with Crippen molar-refractivity contribution in [3.63, 3.8) is 0 Å². The second-order valence-electron chi connectivity index (χ2n) is 7.13. The quantitative estimate of drug-likeness (QED) is 0.475. The SMILES string of the molecule is Cc1ccc(NC(=O)c2nnn(Cc3nc(-c4cccc(Cl)c4)oc3C)c2C)cc1F. The number of carbonyl (C=O) groups is 1. The second kappa shape index (κ2) is 8.31. The van der Waals surface area contributed by atoms with Crippen LogP contribution in [-0.2, 0) is 6.54 Å². The number of rotatable bonds is 5. The molecule has 1 amide bonds. The van der Waals surface area contributed by atoms with Gasteiger partial charge in [-0.15, -0.1) is 5.10 Å². The summed E-state index contributed by atoms with van der Waals surface area (Å²) < 4.78 is 21.1. The van der Waals surface area contributed by atoms with Gasteiger partial charge < -0.3 is 9.73 Å². The number of anilines is 1. The molecule has 0 atom stereocenters. The molecule has 9 heteroatoms. The lowest BCUT2D eigenvalue weighted by Gasteiger charge is -2.06. The Morgan fingerprint density at radius 2 is 2.00 bits per heavy atom. The largest absolute Gasteiger partial charge is 0.441 e. The predicted octanol–water partition coefficient (Wildman–Crippen LogP) is 4.95. The van der Waals surface area contributed by atoms with Crippen molar-refractivity contribution >= 4 is 23.2 Å². The summed E-state index contributed by atoms with van der Waals surface area (Å²) >= 11 is 6.05. The first-order chi connectivity index (χ1) is 14.8. The Morgan fingerprint density at radius 3 is 2.74 bits per heavy atom. The van der Waals surface area contributed by atoms with Crippen molar-refractivity contribution < 1.29 is 13.6 Å². The van der Waals surface area contributed by atoms with Crippen molar-refractivity contribution in [3.05, 3.63) is 81.7 Å². The van der Waals surface area contributed by atoms with Crippen molar-refractivity contribution in [2.24, 2.45) is 0 Å². The molecule has 7 nitrogen and oxygen atoms in total. The Labute approximate surface area is 182 Å². The smallest absolute Gasteiger partial charge is 0.278 e. The zero-order chi connectivity index (χ0) is 22.1. The number of halogens is 2. The number of nitrogens with one attached hydrogen (secondary N) is 1. The molecule has 2 aromatic heterocycles. The van der Waals surface area contributed by atoms with E-state index in [2.05, 4.69) is 20.6 Å². The number of benzene rings is 2. The van der Waals surface area contributed by atoms with E-state index in [4.69, 9.17) is 16.0 Å². The van der Waals surface area contributed by atoms with Crippen LogP contribution in [0.3, 0.4) is 0 Å². The van der Waals surface area contributed by atoms with Crippen LogP contribution in [0.4, 0.5) is 10.1 Å². The van der Waals surface area contributed by atoms with Gasteiger partial charge in [-0.3, -0.25) is 4.79 Å². The van der Waals surface area contributed by atoms with E-state index in [-0.39, 0.29) is 12.2 Å². The molecule has 4 rings (SSSR count). The molecular formula is C22H19ClFN5O2. The molecule has 1 N–H and O–H groups in total.